The molecule has 56 heavy (non-hydrogen) atoms. The molecule has 0 radical (unpaired) electrons. The second-order valence-electron chi connectivity index (χ2n) is 24.0. The van der Waals surface area contributed by atoms with Crippen molar-refractivity contribution >= 4 is 25.0 Å². The third kappa shape index (κ3) is 12.4. The number of ether oxygens (including phenoxy) is 1. The number of rotatable bonds is 16. The van der Waals surface area contributed by atoms with Crippen molar-refractivity contribution < 1.29 is 23.1 Å². The lowest BCUT2D eigenvalue weighted by atomic mass is 9.60. The van der Waals surface area contributed by atoms with Gasteiger partial charge in [-0.15, -0.1) is 0 Å². The lowest BCUT2D eigenvalue weighted by Crippen LogP contribution is -2.57. The molecule has 0 aromatic heterocycles. The van der Waals surface area contributed by atoms with E-state index in [9.17, 15) is 5.11 Å². The van der Waals surface area contributed by atoms with E-state index in [4.69, 9.17) is 24.6 Å². The summed E-state index contributed by atoms with van der Waals surface area (Å²) in [5.74, 6) is 2.06. The van der Waals surface area contributed by atoms with Crippen molar-refractivity contribution in [2.75, 3.05) is 13.2 Å². The van der Waals surface area contributed by atoms with Crippen molar-refractivity contribution in [3.63, 3.8) is 0 Å². The molecular weight excluding hydrogens is 741 g/mol. The van der Waals surface area contributed by atoms with E-state index in [0.29, 0.717) is 30.5 Å². The van der Waals surface area contributed by atoms with Gasteiger partial charge in [-0.1, -0.05) is 113 Å². The molecule has 0 aromatic rings. The van der Waals surface area contributed by atoms with E-state index in [1.165, 1.54) is 44.1 Å². The van der Waals surface area contributed by atoms with Gasteiger partial charge >= 0.3 is 0 Å². The summed E-state index contributed by atoms with van der Waals surface area (Å²) in [7, 11) is -6.21. The Morgan fingerprint density at radius 1 is 0.804 bits per heavy atom. The van der Waals surface area contributed by atoms with Gasteiger partial charge < -0.3 is 23.1 Å². The van der Waals surface area contributed by atoms with Crippen LogP contribution >= 0.6 is 0 Å². The van der Waals surface area contributed by atoms with Crippen molar-refractivity contribution in [3.05, 3.63) is 35.5 Å². The quantitative estimate of drug-likeness (QED) is 0.124. The zero-order valence-corrected chi connectivity index (χ0v) is 43.4. The number of fused-ring (bicyclic) bond motifs is 1. The Kier molecular flexibility index (Phi) is 16.4. The first kappa shape index (κ1) is 50.0. The fraction of sp³-hybridized carbons (Fsp3) is 0.875. The largest absolute Gasteiger partial charge is 0.417 e. The molecule has 3 saturated carbocycles. The average Bonchev–Trinajstić information content (AvgIpc) is 3.37. The van der Waals surface area contributed by atoms with Crippen molar-refractivity contribution in [1.29, 1.82) is 0 Å². The number of allylic oxidation sites excluding steroid dienone is 3. The van der Waals surface area contributed by atoms with Crippen LogP contribution in [0, 0.1) is 23.2 Å². The Morgan fingerprint density at radius 3 is 1.93 bits per heavy atom. The van der Waals surface area contributed by atoms with E-state index in [2.05, 4.69) is 128 Å². The number of aliphatic hydroxyl groups is 1. The van der Waals surface area contributed by atoms with Crippen molar-refractivity contribution in [1.82, 2.24) is 0 Å². The molecule has 0 aliphatic heterocycles. The first-order chi connectivity index (χ1) is 25.2. The zero-order chi connectivity index (χ0) is 42.9. The molecule has 0 amide bonds. The molecule has 1 N–H and O–H groups in total. The minimum absolute atomic E-state index is 0.0466. The summed E-state index contributed by atoms with van der Waals surface area (Å²) in [5, 5.41) is 10.6. The van der Waals surface area contributed by atoms with Crippen LogP contribution in [0.2, 0.25) is 54.4 Å². The number of hydrogen-bond donors (Lipinski definition) is 1. The topological polar surface area (TPSA) is 57.2 Å². The monoisotopic (exact) mass is 833 g/mol. The molecule has 0 aromatic carbocycles. The van der Waals surface area contributed by atoms with Crippen molar-refractivity contribution in [3.8, 4) is 0 Å². The standard InChI is InChI=1S/C48H92O5Si3/c1-35(24-21-30-47(12,13)49)39-28-29-40-37(25-22-31-48(39,40)14)26-27-38-34-41(52-55(17,18)45(6,7)8)43(42(36(38)2)53-56(19,20)46(9,10)11)50-32-23-33-51-54(15,16)44(3,4)5/h26-27,35,39-43,49H,2,21-25,28-34H2,1,3-20H3/b37-26?,38-27-/t35-,39-,40?,41-,42+,43-,48-/m1/s1. The molecule has 1 unspecified atom stereocenters. The molecular formula is C48H92O5Si3. The Hall–Kier alpha value is -0.329. The molecule has 0 heterocycles. The molecule has 0 bridgehead atoms. The summed E-state index contributed by atoms with van der Waals surface area (Å²) in [5.41, 5.74) is 3.75. The first-order valence-electron chi connectivity index (χ1n) is 22.7. The normalized spacial score (nSPS) is 29.6. The van der Waals surface area contributed by atoms with Crippen LogP contribution < -0.4 is 0 Å². The summed E-state index contributed by atoms with van der Waals surface area (Å²) >= 11 is 0. The third-order valence-electron chi connectivity index (χ3n) is 15.9. The Labute approximate surface area is 351 Å². The molecule has 326 valence electrons. The van der Waals surface area contributed by atoms with Gasteiger partial charge in [0.25, 0.3) is 0 Å². The average molecular weight is 834 g/mol. The predicted octanol–water partition coefficient (Wildman–Crippen LogP) is 14.2. The van der Waals surface area contributed by atoms with Gasteiger partial charge in [-0.05, 0) is 148 Å². The van der Waals surface area contributed by atoms with Crippen LogP contribution in [0.3, 0.4) is 0 Å². The molecule has 5 nitrogen and oxygen atoms in total. The Morgan fingerprint density at radius 2 is 1.38 bits per heavy atom. The molecule has 7 atom stereocenters. The minimum atomic E-state index is -2.21. The van der Waals surface area contributed by atoms with Crippen LogP contribution in [0.15, 0.2) is 35.5 Å². The highest BCUT2D eigenvalue weighted by Crippen LogP contribution is 2.60. The maximum absolute atomic E-state index is 10.3. The molecule has 0 saturated heterocycles. The van der Waals surface area contributed by atoms with Gasteiger partial charge in [0, 0.05) is 19.6 Å². The molecule has 0 spiro atoms. The van der Waals surface area contributed by atoms with Crippen LogP contribution in [0.1, 0.15) is 154 Å². The van der Waals surface area contributed by atoms with Gasteiger partial charge in [0.15, 0.2) is 25.0 Å². The Bertz CT molecular complexity index is 1370. The van der Waals surface area contributed by atoms with Crippen molar-refractivity contribution in [2.24, 2.45) is 23.2 Å². The van der Waals surface area contributed by atoms with Gasteiger partial charge in [0.2, 0.25) is 0 Å². The molecule has 3 fully saturated rings. The van der Waals surface area contributed by atoms with Gasteiger partial charge in [-0.2, -0.15) is 0 Å². The molecule has 3 rings (SSSR count). The fourth-order valence-corrected chi connectivity index (χ4v) is 12.7. The summed E-state index contributed by atoms with van der Waals surface area (Å²) < 4.78 is 28.4. The molecule has 8 heteroatoms. The Balaban J connectivity index is 1.98. The minimum Gasteiger partial charge on any atom is -0.417 e. The lowest BCUT2D eigenvalue weighted by Gasteiger charge is -2.49. The van der Waals surface area contributed by atoms with Crippen LogP contribution in [0.25, 0.3) is 0 Å². The van der Waals surface area contributed by atoms with Gasteiger partial charge in [-0.25, -0.2) is 0 Å². The zero-order valence-electron chi connectivity index (χ0n) is 40.4. The second kappa shape index (κ2) is 18.3. The summed E-state index contributed by atoms with van der Waals surface area (Å²) in [6.45, 7) is 50.2. The van der Waals surface area contributed by atoms with Crippen LogP contribution in [-0.2, 0) is 18.0 Å². The highest BCUT2D eigenvalue weighted by atomic mass is 28.4. The maximum Gasteiger partial charge on any atom is 0.193 e. The lowest BCUT2D eigenvalue weighted by molar-refractivity contribution is -0.0879. The number of hydrogen-bond acceptors (Lipinski definition) is 5. The van der Waals surface area contributed by atoms with Crippen LogP contribution in [0.4, 0.5) is 0 Å². The van der Waals surface area contributed by atoms with Gasteiger partial charge in [-0.3, -0.25) is 0 Å². The van der Waals surface area contributed by atoms with E-state index in [-0.39, 0.29) is 33.4 Å². The van der Waals surface area contributed by atoms with E-state index >= 15 is 0 Å². The second-order valence-corrected chi connectivity index (χ2v) is 38.3. The summed E-state index contributed by atoms with van der Waals surface area (Å²) in [4.78, 5) is 0. The molecule has 3 aliphatic carbocycles. The first-order valence-corrected chi connectivity index (χ1v) is 31.4. The van der Waals surface area contributed by atoms with E-state index in [1.807, 2.05) is 13.8 Å². The van der Waals surface area contributed by atoms with Gasteiger partial charge in [0.05, 0.1) is 17.8 Å². The SMILES string of the molecule is C=C1/C(=C\C=C2CCC[C@@]3(C)C2CC[C@@H]3[C@H](C)CCCC(C)(C)O)C[C@@H](O[Si](C)(C)C(C)(C)C)[C@@H](OCCCO[Si](C)(C)C(C)(C)C)[C@H]1O[Si](C)(C)C(C)(C)C. The highest BCUT2D eigenvalue weighted by Gasteiger charge is 2.52. The maximum atomic E-state index is 10.3. The van der Waals surface area contributed by atoms with E-state index in [1.54, 1.807) is 5.57 Å². The van der Waals surface area contributed by atoms with Crippen molar-refractivity contribution in [2.45, 2.75) is 233 Å². The summed E-state index contributed by atoms with van der Waals surface area (Å²) in [6, 6.07) is 0. The van der Waals surface area contributed by atoms with Gasteiger partial charge in [0.1, 0.15) is 6.10 Å². The smallest absolute Gasteiger partial charge is 0.193 e. The highest BCUT2D eigenvalue weighted by molar-refractivity contribution is 6.75. The van der Waals surface area contributed by atoms with E-state index in [0.717, 1.165) is 37.2 Å². The van der Waals surface area contributed by atoms with Crippen LogP contribution in [-0.4, -0.2) is 67.2 Å². The fourth-order valence-electron chi connectivity index (χ4n) is 9.01. The molecule has 3 aliphatic rings. The summed E-state index contributed by atoms with van der Waals surface area (Å²) in [6.07, 6.45) is 15.5. The van der Waals surface area contributed by atoms with E-state index < -0.39 is 30.6 Å². The van der Waals surface area contributed by atoms with Crippen LogP contribution in [0.5, 0.6) is 0 Å². The third-order valence-corrected chi connectivity index (χ3v) is 29.4. The predicted molar refractivity (Wildman–Crippen MR) is 249 cm³/mol.